The van der Waals surface area contributed by atoms with E-state index in [-0.39, 0.29) is 5.91 Å². The second-order valence-corrected chi connectivity index (χ2v) is 5.38. The number of thiazole rings is 1. The Morgan fingerprint density at radius 2 is 2.28 bits per heavy atom. The molecule has 96 valence electrons. The number of aryl methyl sites for hydroxylation is 1. The molecule has 0 saturated carbocycles. The van der Waals surface area contributed by atoms with Gasteiger partial charge in [-0.1, -0.05) is 0 Å². The maximum Gasteiger partial charge on any atom is 0.258 e. The molecule has 1 amide bonds. The lowest BCUT2D eigenvalue weighted by Gasteiger charge is -2.10. The first-order chi connectivity index (χ1) is 8.58. The third-order valence-electron chi connectivity index (χ3n) is 2.38. The first kappa shape index (κ1) is 12.6. The molecule has 0 fully saturated rings. The number of carbonyl (C=O) groups excluding carboxylic acids is 1. The summed E-state index contributed by atoms with van der Waals surface area (Å²) in [5.41, 5.74) is 0.543. The van der Waals surface area contributed by atoms with E-state index in [0.717, 1.165) is 9.88 Å². The Balaban J connectivity index is 2.06. The van der Waals surface area contributed by atoms with Gasteiger partial charge in [-0.3, -0.25) is 9.89 Å². The normalized spacial score (nSPS) is 10.4. The number of H-pyrrole nitrogens is 1. The van der Waals surface area contributed by atoms with E-state index < -0.39 is 0 Å². The second kappa shape index (κ2) is 5.18. The summed E-state index contributed by atoms with van der Waals surface area (Å²) in [6, 6.07) is 0. The minimum absolute atomic E-state index is 0.0771. The van der Waals surface area contributed by atoms with E-state index in [2.05, 4.69) is 20.5 Å². The summed E-state index contributed by atoms with van der Waals surface area (Å²) >= 11 is 1.63. The van der Waals surface area contributed by atoms with Crippen LogP contribution in [-0.2, 0) is 6.54 Å². The van der Waals surface area contributed by atoms with Gasteiger partial charge in [-0.05, 0) is 6.92 Å². The predicted molar refractivity (Wildman–Crippen MR) is 70.8 cm³/mol. The number of aromatic nitrogens is 3. The number of nitrogens with one attached hydrogen (secondary N) is 2. The molecule has 2 aromatic heterocycles. The molecule has 0 aliphatic carbocycles. The summed E-state index contributed by atoms with van der Waals surface area (Å²) in [6.07, 6.45) is 3.36. The van der Waals surface area contributed by atoms with Crippen molar-refractivity contribution in [2.45, 2.75) is 13.5 Å². The average molecular weight is 265 g/mol. The highest BCUT2D eigenvalue weighted by Gasteiger charge is 2.15. The SMILES string of the molecule is Cc1ncc(CNc2[nH]ncc2C(=O)N(C)C)s1. The van der Waals surface area contributed by atoms with Crippen LogP contribution in [0, 0.1) is 6.92 Å². The first-order valence-electron chi connectivity index (χ1n) is 5.48. The molecule has 0 spiro atoms. The zero-order chi connectivity index (χ0) is 13.1. The van der Waals surface area contributed by atoms with Crippen LogP contribution in [0.15, 0.2) is 12.4 Å². The Morgan fingerprint density at radius 3 is 2.89 bits per heavy atom. The monoisotopic (exact) mass is 265 g/mol. The fourth-order valence-electron chi connectivity index (χ4n) is 1.49. The van der Waals surface area contributed by atoms with E-state index in [9.17, 15) is 4.79 Å². The molecule has 2 aromatic rings. The number of hydrogen-bond donors (Lipinski definition) is 2. The molecule has 0 bridgehead atoms. The van der Waals surface area contributed by atoms with Crippen molar-refractivity contribution in [3.05, 3.63) is 27.8 Å². The van der Waals surface area contributed by atoms with E-state index in [4.69, 9.17) is 0 Å². The van der Waals surface area contributed by atoms with Crippen LogP contribution in [0.3, 0.4) is 0 Å². The summed E-state index contributed by atoms with van der Waals surface area (Å²) < 4.78 is 0. The van der Waals surface area contributed by atoms with Crippen molar-refractivity contribution in [2.75, 3.05) is 19.4 Å². The Bertz CT molecular complexity index is 545. The molecule has 2 heterocycles. The largest absolute Gasteiger partial charge is 0.365 e. The molecule has 0 radical (unpaired) electrons. The summed E-state index contributed by atoms with van der Waals surface area (Å²) in [5, 5.41) is 10.9. The van der Waals surface area contributed by atoms with Crippen molar-refractivity contribution < 1.29 is 4.79 Å². The molecule has 0 aliphatic rings. The van der Waals surface area contributed by atoms with Gasteiger partial charge in [0.05, 0.1) is 17.7 Å². The van der Waals surface area contributed by atoms with Crippen LogP contribution in [0.4, 0.5) is 5.82 Å². The maximum absolute atomic E-state index is 11.9. The highest BCUT2D eigenvalue weighted by molar-refractivity contribution is 7.11. The molecule has 18 heavy (non-hydrogen) atoms. The van der Waals surface area contributed by atoms with E-state index in [1.807, 2.05) is 13.1 Å². The number of aromatic amines is 1. The highest BCUT2D eigenvalue weighted by atomic mass is 32.1. The number of amides is 1. The Labute approximate surface area is 109 Å². The molecular formula is C11H15N5OS. The minimum Gasteiger partial charge on any atom is -0.365 e. The van der Waals surface area contributed by atoms with E-state index in [1.54, 1.807) is 25.4 Å². The third-order valence-corrected chi connectivity index (χ3v) is 3.30. The predicted octanol–water partition coefficient (Wildman–Crippen LogP) is 1.49. The zero-order valence-corrected chi connectivity index (χ0v) is 11.3. The number of carbonyl (C=O) groups is 1. The van der Waals surface area contributed by atoms with Crippen molar-refractivity contribution in [1.29, 1.82) is 0 Å². The molecule has 2 rings (SSSR count). The molecule has 6 nitrogen and oxygen atoms in total. The standard InChI is InChI=1S/C11H15N5OS/c1-7-12-4-8(18-7)5-13-10-9(6-14-15-10)11(17)16(2)3/h4,6H,5H2,1-3H3,(H2,13,14,15). The van der Waals surface area contributed by atoms with Crippen LogP contribution in [0.5, 0.6) is 0 Å². The quantitative estimate of drug-likeness (QED) is 0.878. The van der Waals surface area contributed by atoms with Crippen molar-refractivity contribution in [3.8, 4) is 0 Å². The lowest BCUT2D eigenvalue weighted by molar-refractivity contribution is 0.0828. The molecule has 0 aromatic carbocycles. The van der Waals surface area contributed by atoms with Gasteiger partial charge in [0.15, 0.2) is 0 Å². The zero-order valence-electron chi connectivity index (χ0n) is 10.5. The Hall–Kier alpha value is -1.89. The van der Waals surface area contributed by atoms with Gasteiger partial charge in [0.2, 0.25) is 0 Å². The van der Waals surface area contributed by atoms with Crippen LogP contribution >= 0.6 is 11.3 Å². The van der Waals surface area contributed by atoms with E-state index in [0.29, 0.717) is 17.9 Å². The summed E-state index contributed by atoms with van der Waals surface area (Å²) in [7, 11) is 3.43. The van der Waals surface area contributed by atoms with Crippen LogP contribution in [0.25, 0.3) is 0 Å². The van der Waals surface area contributed by atoms with Gasteiger partial charge in [-0.25, -0.2) is 4.98 Å². The van der Waals surface area contributed by atoms with Crippen LogP contribution < -0.4 is 5.32 Å². The molecule has 0 aliphatic heterocycles. The Morgan fingerprint density at radius 1 is 1.50 bits per heavy atom. The summed E-state index contributed by atoms with van der Waals surface area (Å²) in [5.74, 6) is 0.562. The van der Waals surface area contributed by atoms with Gasteiger partial charge in [0, 0.05) is 25.2 Å². The fraction of sp³-hybridized carbons (Fsp3) is 0.364. The van der Waals surface area contributed by atoms with Gasteiger partial charge in [-0.2, -0.15) is 5.10 Å². The molecule has 0 saturated heterocycles. The highest BCUT2D eigenvalue weighted by Crippen LogP contribution is 2.16. The van der Waals surface area contributed by atoms with Crippen molar-refractivity contribution >= 4 is 23.1 Å². The molecule has 2 N–H and O–H groups in total. The Kier molecular flexibility index (Phi) is 3.61. The van der Waals surface area contributed by atoms with Crippen LogP contribution in [0.1, 0.15) is 20.2 Å². The lowest BCUT2D eigenvalue weighted by Crippen LogP contribution is -2.22. The molecule has 0 atom stereocenters. The fourth-order valence-corrected chi connectivity index (χ4v) is 2.22. The average Bonchev–Trinajstić information content (AvgIpc) is 2.93. The van der Waals surface area contributed by atoms with Gasteiger partial charge in [0.25, 0.3) is 5.91 Å². The van der Waals surface area contributed by atoms with Gasteiger partial charge in [-0.15, -0.1) is 11.3 Å². The van der Waals surface area contributed by atoms with Crippen molar-refractivity contribution in [3.63, 3.8) is 0 Å². The smallest absolute Gasteiger partial charge is 0.258 e. The van der Waals surface area contributed by atoms with Gasteiger partial charge >= 0.3 is 0 Å². The number of hydrogen-bond acceptors (Lipinski definition) is 5. The van der Waals surface area contributed by atoms with E-state index >= 15 is 0 Å². The number of nitrogens with zero attached hydrogens (tertiary/aromatic N) is 3. The van der Waals surface area contributed by atoms with Gasteiger partial charge in [0.1, 0.15) is 11.4 Å². The maximum atomic E-state index is 11.9. The van der Waals surface area contributed by atoms with Crippen molar-refractivity contribution in [1.82, 2.24) is 20.1 Å². The molecular weight excluding hydrogens is 250 g/mol. The van der Waals surface area contributed by atoms with Crippen LogP contribution in [0.2, 0.25) is 0 Å². The van der Waals surface area contributed by atoms with Crippen LogP contribution in [-0.4, -0.2) is 40.1 Å². The molecule has 7 heteroatoms. The topological polar surface area (TPSA) is 73.9 Å². The van der Waals surface area contributed by atoms with Crippen molar-refractivity contribution in [2.24, 2.45) is 0 Å². The lowest BCUT2D eigenvalue weighted by atomic mass is 10.3. The number of rotatable bonds is 4. The third kappa shape index (κ3) is 2.67. The molecule has 0 unspecified atom stereocenters. The van der Waals surface area contributed by atoms with Gasteiger partial charge < -0.3 is 10.2 Å². The summed E-state index contributed by atoms with van der Waals surface area (Å²) in [4.78, 5) is 18.7. The first-order valence-corrected chi connectivity index (χ1v) is 6.29. The minimum atomic E-state index is -0.0771. The second-order valence-electron chi connectivity index (χ2n) is 4.06. The number of anilines is 1. The van der Waals surface area contributed by atoms with E-state index in [1.165, 1.54) is 11.1 Å². The summed E-state index contributed by atoms with van der Waals surface area (Å²) in [6.45, 7) is 2.59.